The Balaban J connectivity index is 2.41. The molecule has 29 heavy (non-hydrogen) atoms. The van der Waals surface area contributed by atoms with Crippen LogP contribution in [0.5, 0.6) is 0 Å². The molecule has 0 bridgehead atoms. The molecule has 6 nitrogen and oxygen atoms in total. The number of rotatable bonds is 9. The van der Waals surface area contributed by atoms with Gasteiger partial charge >= 0.3 is 0 Å². The van der Waals surface area contributed by atoms with Crippen LogP contribution in [0.2, 0.25) is 0 Å². The van der Waals surface area contributed by atoms with Gasteiger partial charge in [0.1, 0.15) is 11.4 Å². The Bertz CT molecular complexity index is 961. The number of unbranched alkanes of at least 4 members (excludes halogenated alkanes) is 1. The van der Waals surface area contributed by atoms with Crippen LogP contribution in [0.1, 0.15) is 62.6 Å². The Morgan fingerprint density at radius 2 is 1.69 bits per heavy atom. The molecule has 0 unspecified atom stereocenters. The second-order valence-corrected chi connectivity index (χ2v) is 8.96. The molecular formula is C22H29N3O3S. The van der Waals surface area contributed by atoms with Gasteiger partial charge in [-0.1, -0.05) is 74.3 Å². The molecule has 0 heterocycles. The maximum Gasteiger partial charge on any atom is 0.276 e. The number of hydrogen-bond acceptors (Lipinski definition) is 5. The maximum absolute atomic E-state index is 12.6. The van der Waals surface area contributed by atoms with Crippen LogP contribution in [0.25, 0.3) is 0 Å². The van der Waals surface area contributed by atoms with Gasteiger partial charge in [-0.2, -0.15) is 18.4 Å². The fourth-order valence-corrected chi connectivity index (χ4v) is 3.57. The van der Waals surface area contributed by atoms with Gasteiger partial charge < -0.3 is 5.21 Å². The summed E-state index contributed by atoms with van der Waals surface area (Å²) in [6.07, 6.45) is 2.20. The molecule has 2 N–H and O–H groups in total. The maximum atomic E-state index is 12.6. The van der Waals surface area contributed by atoms with Gasteiger partial charge in [-0.15, -0.1) is 0 Å². The first-order valence-electron chi connectivity index (χ1n) is 9.76. The molecular weight excluding hydrogens is 386 g/mol. The zero-order valence-corrected chi connectivity index (χ0v) is 18.2. The van der Waals surface area contributed by atoms with Gasteiger partial charge in [0.2, 0.25) is 0 Å². The van der Waals surface area contributed by atoms with E-state index in [0.717, 1.165) is 24.0 Å². The van der Waals surface area contributed by atoms with E-state index in [1.165, 1.54) is 12.1 Å². The van der Waals surface area contributed by atoms with Crippen LogP contribution >= 0.6 is 0 Å². The zero-order chi connectivity index (χ0) is 21.4. The average molecular weight is 416 g/mol. The molecule has 2 aromatic carbocycles. The molecule has 0 atom stereocenters. The first kappa shape index (κ1) is 22.6. The lowest BCUT2D eigenvalue weighted by atomic mass is 9.97. The van der Waals surface area contributed by atoms with Gasteiger partial charge in [-0.25, -0.2) is 0 Å². The summed E-state index contributed by atoms with van der Waals surface area (Å²) in [5, 5.41) is 17.1. The molecule has 2 aromatic rings. The molecule has 0 aliphatic carbocycles. The smallest absolute Gasteiger partial charge is 0.276 e. The summed E-state index contributed by atoms with van der Waals surface area (Å²) in [6.45, 7) is 8.12. The molecule has 156 valence electrons. The molecule has 0 aliphatic rings. The van der Waals surface area contributed by atoms with Crippen molar-refractivity contribution in [3.05, 3.63) is 65.2 Å². The molecule has 0 amide bonds. The van der Waals surface area contributed by atoms with Gasteiger partial charge in [0, 0.05) is 5.56 Å². The second-order valence-electron chi connectivity index (χ2n) is 7.30. The largest absolute Gasteiger partial charge is 0.411 e. The van der Waals surface area contributed by atoms with Crippen LogP contribution in [0.4, 0.5) is 0 Å². The standard InChI is InChI=1S/C22H29N3O3S/c1-5-6-7-21(24-26)22(19-12-10-18(11-13-19)16(2)3)23-25-29(27,28)20-14-8-17(4)9-15-20/h8-16,25-26H,5-7H2,1-4H3/b23-22+,24-21-. The highest BCUT2D eigenvalue weighted by atomic mass is 32.2. The number of aryl methyl sites for hydroxylation is 1. The van der Waals surface area contributed by atoms with Crippen molar-refractivity contribution in [1.29, 1.82) is 0 Å². The van der Waals surface area contributed by atoms with E-state index in [1.54, 1.807) is 12.1 Å². The van der Waals surface area contributed by atoms with Crippen LogP contribution in [0.15, 0.2) is 63.7 Å². The highest BCUT2D eigenvalue weighted by molar-refractivity contribution is 7.89. The number of hydrazone groups is 1. The van der Waals surface area contributed by atoms with E-state index in [0.29, 0.717) is 29.3 Å². The van der Waals surface area contributed by atoms with Crippen LogP contribution in [-0.4, -0.2) is 25.0 Å². The van der Waals surface area contributed by atoms with Crippen LogP contribution in [0, 0.1) is 6.92 Å². The van der Waals surface area contributed by atoms with E-state index in [1.807, 2.05) is 38.1 Å². The Kier molecular flexibility index (Phi) is 7.96. The van der Waals surface area contributed by atoms with Crippen LogP contribution in [-0.2, 0) is 10.0 Å². The van der Waals surface area contributed by atoms with E-state index in [-0.39, 0.29) is 4.90 Å². The zero-order valence-electron chi connectivity index (χ0n) is 17.4. The van der Waals surface area contributed by atoms with Gasteiger partial charge in [0.05, 0.1) is 4.90 Å². The molecule has 0 saturated carbocycles. The molecule has 0 fully saturated rings. The fourth-order valence-electron chi connectivity index (χ4n) is 2.76. The third-order valence-corrected chi connectivity index (χ3v) is 5.85. The Labute approximate surface area is 173 Å². The van der Waals surface area contributed by atoms with Crippen molar-refractivity contribution in [3.63, 3.8) is 0 Å². The Morgan fingerprint density at radius 3 is 2.21 bits per heavy atom. The Hall–Kier alpha value is -2.67. The monoisotopic (exact) mass is 415 g/mol. The second kappa shape index (κ2) is 10.2. The molecule has 0 aromatic heterocycles. The summed E-state index contributed by atoms with van der Waals surface area (Å²) >= 11 is 0. The molecule has 7 heteroatoms. The van der Waals surface area contributed by atoms with Crippen molar-refractivity contribution in [1.82, 2.24) is 4.83 Å². The van der Waals surface area contributed by atoms with Gasteiger partial charge in [-0.3, -0.25) is 0 Å². The van der Waals surface area contributed by atoms with Crippen molar-refractivity contribution in [3.8, 4) is 0 Å². The molecule has 0 spiro atoms. The van der Waals surface area contributed by atoms with Crippen molar-refractivity contribution in [2.75, 3.05) is 0 Å². The lowest BCUT2D eigenvalue weighted by molar-refractivity contribution is 0.318. The number of oxime groups is 1. The van der Waals surface area contributed by atoms with Gasteiger partial charge in [-0.05, 0) is 43.4 Å². The van der Waals surface area contributed by atoms with E-state index in [4.69, 9.17) is 0 Å². The fraction of sp³-hybridized carbons (Fsp3) is 0.364. The normalized spacial score (nSPS) is 13.0. The first-order valence-corrected chi connectivity index (χ1v) is 11.2. The van der Waals surface area contributed by atoms with E-state index >= 15 is 0 Å². The molecule has 0 aliphatic heterocycles. The minimum Gasteiger partial charge on any atom is -0.411 e. The third-order valence-electron chi connectivity index (χ3n) is 4.62. The van der Waals surface area contributed by atoms with Gasteiger partial charge in [0.25, 0.3) is 10.0 Å². The molecule has 0 radical (unpaired) electrons. The molecule has 2 rings (SSSR count). The number of nitrogens with one attached hydrogen (secondary N) is 1. The lowest BCUT2D eigenvalue weighted by Gasteiger charge is -2.12. The predicted octanol–water partition coefficient (Wildman–Crippen LogP) is 4.82. The SMILES string of the molecule is CCCCC(=N/O)/C(=N/NS(=O)(=O)c1ccc(C)cc1)c1ccc(C(C)C)cc1. The summed E-state index contributed by atoms with van der Waals surface area (Å²) < 4.78 is 25.3. The first-order chi connectivity index (χ1) is 13.8. The summed E-state index contributed by atoms with van der Waals surface area (Å²) in [5.74, 6) is 0.371. The summed E-state index contributed by atoms with van der Waals surface area (Å²) in [6, 6.07) is 14.2. The van der Waals surface area contributed by atoms with Crippen molar-refractivity contribution in [2.24, 2.45) is 10.3 Å². The van der Waals surface area contributed by atoms with Crippen molar-refractivity contribution < 1.29 is 13.6 Å². The van der Waals surface area contributed by atoms with Crippen LogP contribution in [0.3, 0.4) is 0 Å². The topological polar surface area (TPSA) is 91.1 Å². The average Bonchev–Trinajstić information content (AvgIpc) is 2.71. The lowest BCUT2D eigenvalue weighted by Crippen LogP contribution is -2.24. The quantitative estimate of drug-likeness (QED) is 0.349. The third kappa shape index (κ3) is 6.15. The summed E-state index contributed by atoms with van der Waals surface area (Å²) in [7, 11) is -3.84. The summed E-state index contributed by atoms with van der Waals surface area (Å²) in [5.41, 5.74) is 3.46. The summed E-state index contributed by atoms with van der Waals surface area (Å²) in [4.78, 5) is 2.41. The van der Waals surface area contributed by atoms with Crippen molar-refractivity contribution in [2.45, 2.75) is 57.8 Å². The number of nitrogens with zero attached hydrogens (tertiary/aromatic N) is 2. The van der Waals surface area contributed by atoms with E-state index < -0.39 is 10.0 Å². The number of sulfonamides is 1. The minimum absolute atomic E-state index is 0.123. The van der Waals surface area contributed by atoms with Crippen LogP contribution < -0.4 is 4.83 Å². The van der Waals surface area contributed by atoms with E-state index in [9.17, 15) is 13.6 Å². The Morgan fingerprint density at radius 1 is 1.07 bits per heavy atom. The predicted molar refractivity (Wildman–Crippen MR) is 117 cm³/mol. The highest BCUT2D eigenvalue weighted by Gasteiger charge is 2.17. The van der Waals surface area contributed by atoms with Crippen molar-refractivity contribution >= 4 is 21.4 Å². The number of hydrogen-bond donors (Lipinski definition) is 2. The number of benzene rings is 2. The highest BCUT2D eigenvalue weighted by Crippen LogP contribution is 2.17. The minimum atomic E-state index is -3.84. The molecule has 0 saturated heterocycles. The van der Waals surface area contributed by atoms with E-state index in [2.05, 4.69) is 28.9 Å². The van der Waals surface area contributed by atoms with Gasteiger partial charge in [0.15, 0.2) is 0 Å².